The molecular weight excluding hydrogens is 554 g/mol. The number of carbonyl (C=O) groups is 3. The Hall–Kier alpha value is -4.79. The smallest absolute Gasteiger partial charge is 0.254 e. The minimum atomic E-state index is -0.782. The Bertz CT molecular complexity index is 1640. The number of likely N-dealkylation sites (tertiary alicyclic amines) is 1. The molecular formula is C35H39N5O4. The van der Waals surface area contributed by atoms with Crippen LogP contribution in [0.2, 0.25) is 0 Å². The Morgan fingerprint density at radius 3 is 2.32 bits per heavy atom. The number of hydrogen-bond donors (Lipinski definition) is 2. The maximum absolute atomic E-state index is 14.2. The average molecular weight is 594 g/mol. The number of para-hydroxylation sites is 2. The topological polar surface area (TPSA) is 98.0 Å². The largest absolute Gasteiger partial charge is 0.497 e. The number of carbonyl (C=O) groups excluding carboxylic acids is 3. The number of ether oxygens (including phenoxy) is 1. The van der Waals surface area contributed by atoms with Crippen molar-refractivity contribution in [1.29, 1.82) is 0 Å². The fourth-order valence-electron chi connectivity index (χ4n) is 6.56. The van der Waals surface area contributed by atoms with Gasteiger partial charge in [-0.05, 0) is 62.6 Å². The molecule has 1 aromatic heterocycles. The highest BCUT2D eigenvalue weighted by Gasteiger charge is 2.54. The summed E-state index contributed by atoms with van der Waals surface area (Å²) >= 11 is 0. The van der Waals surface area contributed by atoms with Crippen LogP contribution in [0.5, 0.6) is 5.75 Å². The van der Waals surface area contributed by atoms with E-state index in [2.05, 4.69) is 15.2 Å². The Morgan fingerprint density at radius 2 is 1.64 bits per heavy atom. The van der Waals surface area contributed by atoms with E-state index in [1.165, 1.54) is 0 Å². The molecule has 2 aliphatic heterocycles. The van der Waals surface area contributed by atoms with E-state index in [9.17, 15) is 14.4 Å². The zero-order chi connectivity index (χ0) is 30.8. The quantitative estimate of drug-likeness (QED) is 0.312. The van der Waals surface area contributed by atoms with E-state index in [4.69, 9.17) is 4.74 Å². The summed E-state index contributed by atoms with van der Waals surface area (Å²) in [6.07, 6.45) is 3.04. The lowest BCUT2D eigenvalue weighted by molar-refractivity contribution is -0.140. The maximum Gasteiger partial charge on any atom is 0.254 e. The van der Waals surface area contributed by atoms with Crippen LogP contribution in [-0.2, 0) is 16.0 Å². The molecule has 228 valence electrons. The molecule has 9 nitrogen and oxygen atoms in total. The number of piperidine rings is 1. The molecule has 0 aliphatic carbocycles. The van der Waals surface area contributed by atoms with Gasteiger partial charge in [-0.25, -0.2) is 0 Å². The molecule has 44 heavy (non-hydrogen) atoms. The van der Waals surface area contributed by atoms with Crippen LogP contribution in [0.15, 0.2) is 85.1 Å². The first kappa shape index (κ1) is 29.3. The van der Waals surface area contributed by atoms with Crippen molar-refractivity contribution in [3.8, 4) is 5.75 Å². The van der Waals surface area contributed by atoms with Gasteiger partial charge in [-0.1, -0.05) is 48.5 Å². The van der Waals surface area contributed by atoms with Crippen LogP contribution in [0.1, 0.15) is 42.6 Å². The van der Waals surface area contributed by atoms with Gasteiger partial charge in [0, 0.05) is 48.3 Å². The predicted octanol–water partition coefficient (Wildman–Crippen LogP) is 4.59. The Balaban J connectivity index is 1.24. The number of rotatable bonds is 8. The van der Waals surface area contributed by atoms with Gasteiger partial charge in [-0.3, -0.25) is 14.4 Å². The summed E-state index contributed by atoms with van der Waals surface area (Å²) in [7, 11) is 1.61. The number of amides is 3. The van der Waals surface area contributed by atoms with Crippen molar-refractivity contribution in [3.05, 3.63) is 96.2 Å². The molecule has 0 saturated carbocycles. The number of methoxy groups -OCH3 is 1. The summed E-state index contributed by atoms with van der Waals surface area (Å²) in [6.45, 7) is 5.44. The van der Waals surface area contributed by atoms with Crippen LogP contribution < -0.4 is 15.0 Å². The molecule has 0 radical (unpaired) electrons. The first-order valence-electron chi connectivity index (χ1n) is 15.2. The second-order valence-corrected chi connectivity index (χ2v) is 12.0. The van der Waals surface area contributed by atoms with Crippen molar-refractivity contribution in [2.24, 2.45) is 0 Å². The molecule has 4 aromatic rings. The monoisotopic (exact) mass is 593 g/mol. The Kier molecular flexibility index (Phi) is 8.03. The van der Waals surface area contributed by atoms with E-state index >= 15 is 0 Å². The predicted molar refractivity (Wildman–Crippen MR) is 171 cm³/mol. The first-order chi connectivity index (χ1) is 21.3. The summed E-state index contributed by atoms with van der Waals surface area (Å²) in [5, 5.41) is 3.85. The zero-order valence-corrected chi connectivity index (χ0v) is 25.5. The molecule has 3 aromatic carbocycles. The average Bonchev–Trinajstić information content (AvgIpc) is 3.61. The zero-order valence-electron chi connectivity index (χ0n) is 25.5. The van der Waals surface area contributed by atoms with E-state index in [0.717, 1.165) is 27.9 Å². The van der Waals surface area contributed by atoms with Gasteiger partial charge < -0.3 is 29.7 Å². The van der Waals surface area contributed by atoms with Crippen molar-refractivity contribution in [3.63, 3.8) is 0 Å². The molecule has 2 aliphatic rings. The van der Waals surface area contributed by atoms with Crippen LogP contribution in [-0.4, -0.2) is 77.0 Å². The van der Waals surface area contributed by atoms with Crippen LogP contribution in [0.25, 0.3) is 10.9 Å². The highest BCUT2D eigenvalue weighted by Crippen LogP contribution is 2.40. The summed E-state index contributed by atoms with van der Waals surface area (Å²) in [4.78, 5) is 50.8. The summed E-state index contributed by atoms with van der Waals surface area (Å²) in [5.74, 6) is 0.379. The minimum Gasteiger partial charge on any atom is -0.497 e. The van der Waals surface area contributed by atoms with Gasteiger partial charge in [0.05, 0.1) is 19.3 Å². The van der Waals surface area contributed by atoms with Crippen molar-refractivity contribution in [2.45, 2.75) is 50.7 Å². The third-order valence-corrected chi connectivity index (χ3v) is 9.10. The van der Waals surface area contributed by atoms with Crippen molar-refractivity contribution < 1.29 is 19.1 Å². The Labute approximate surface area is 257 Å². The summed E-state index contributed by atoms with van der Waals surface area (Å²) in [6, 6.07) is 24.5. The molecule has 1 atom stereocenters. The van der Waals surface area contributed by atoms with Crippen LogP contribution in [0.4, 0.5) is 5.69 Å². The van der Waals surface area contributed by atoms with E-state index < -0.39 is 11.6 Å². The number of aromatic nitrogens is 1. The van der Waals surface area contributed by atoms with Gasteiger partial charge >= 0.3 is 0 Å². The van der Waals surface area contributed by atoms with Gasteiger partial charge in [0.15, 0.2) is 0 Å². The van der Waals surface area contributed by atoms with Crippen LogP contribution in [0.3, 0.4) is 0 Å². The lowest BCUT2D eigenvalue weighted by Crippen LogP contribution is -2.59. The SMILES string of the molecule is COc1ccc(C[C@@H](NC(=O)c2c[nH]c3ccccc23)C(=O)N2CCC3(CC2)C(=O)N(C(C)C)CN3c2ccccc2)cc1. The molecule has 2 N–H and O–H groups in total. The molecule has 6 rings (SSSR count). The summed E-state index contributed by atoms with van der Waals surface area (Å²) < 4.78 is 5.31. The number of nitrogens with one attached hydrogen (secondary N) is 2. The van der Waals surface area contributed by atoms with E-state index in [0.29, 0.717) is 44.6 Å². The summed E-state index contributed by atoms with van der Waals surface area (Å²) in [5.41, 5.74) is 2.56. The second kappa shape index (κ2) is 12.1. The molecule has 3 amide bonds. The van der Waals surface area contributed by atoms with Crippen LogP contribution >= 0.6 is 0 Å². The lowest BCUT2D eigenvalue weighted by atomic mass is 9.85. The maximum atomic E-state index is 14.2. The number of fused-ring (bicyclic) bond motifs is 1. The van der Waals surface area contributed by atoms with E-state index in [1.807, 2.05) is 103 Å². The van der Waals surface area contributed by atoms with Crippen molar-refractivity contribution in [2.75, 3.05) is 31.8 Å². The number of hydrogen-bond acceptors (Lipinski definition) is 5. The first-order valence-corrected chi connectivity index (χ1v) is 15.2. The molecule has 0 bridgehead atoms. The normalized spacial score (nSPS) is 17.0. The van der Waals surface area contributed by atoms with Gasteiger partial charge in [0.1, 0.15) is 17.3 Å². The third-order valence-electron chi connectivity index (χ3n) is 9.10. The second-order valence-electron chi connectivity index (χ2n) is 12.0. The number of anilines is 1. The molecule has 3 heterocycles. The van der Waals surface area contributed by atoms with Crippen molar-refractivity contribution in [1.82, 2.24) is 20.1 Å². The standard InChI is InChI=1S/C35H39N5O4/c1-24(2)39-23-40(26-9-5-4-6-10-26)35(34(39)43)17-19-38(20-18-35)33(42)31(21-25-13-15-27(44-3)16-14-25)37-32(41)29-22-36-30-12-8-7-11-28(29)30/h4-16,22,24,31,36H,17-21,23H2,1-3H3,(H,37,41)/t31-/m1/s1. The third kappa shape index (κ3) is 5.38. The highest BCUT2D eigenvalue weighted by atomic mass is 16.5. The number of aromatic amines is 1. The molecule has 2 saturated heterocycles. The fraction of sp³-hybridized carbons (Fsp3) is 0.343. The highest BCUT2D eigenvalue weighted by molar-refractivity contribution is 6.08. The van der Waals surface area contributed by atoms with Crippen molar-refractivity contribution >= 4 is 34.3 Å². The number of benzene rings is 3. The van der Waals surface area contributed by atoms with Gasteiger partial charge in [-0.2, -0.15) is 0 Å². The lowest BCUT2D eigenvalue weighted by Gasteiger charge is -2.44. The molecule has 1 spiro atoms. The van der Waals surface area contributed by atoms with Crippen LogP contribution in [0, 0.1) is 0 Å². The molecule has 9 heteroatoms. The number of nitrogens with zero attached hydrogens (tertiary/aromatic N) is 3. The molecule has 0 unspecified atom stereocenters. The fourth-order valence-corrected chi connectivity index (χ4v) is 6.56. The van der Waals surface area contributed by atoms with Gasteiger partial charge in [-0.15, -0.1) is 0 Å². The van der Waals surface area contributed by atoms with E-state index in [1.54, 1.807) is 13.3 Å². The Morgan fingerprint density at radius 1 is 0.955 bits per heavy atom. The van der Waals surface area contributed by atoms with Gasteiger partial charge in [0.25, 0.3) is 5.91 Å². The van der Waals surface area contributed by atoms with Gasteiger partial charge in [0.2, 0.25) is 11.8 Å². The molecule has 2 fully saturated rings. The minimum absolute atomic E-state index is 0.0707. The number of H-pyrrole nitrogens is 1. The van der Waals surface area contributed by atoms with E-state index in [-0.39, 0.29) is 23.8 Å².